The molecule has 2 atom stereocenters. The van der Waals surface area contributed by atoms with Crippen LogP contribution in [-0.4, -0.2) is 27.0 Å². The second-order valence-electron chi connectivity index (χ2n) is 11.5. The summed E-state index contributed by atoms with van der Waals surface area (Å²) in [6.45, 7) is 12.2. The summed E-state index contributed by atoms with van der Waals surface area (Å²) in [5.74, 6) is 0.259. The van der Waals surface area contributed by atoms with Crippen molar-refractivity contribution >= 4 is 22.5 Å². The number of hydrogen-bond acceptors (Lipinski definition) is 3. The molecule has 2 aromatic carbocycles. The van der Waals surface area contributed by atoms with Crippen LogP contribution in [0, 0.1) is 18.8 Å². The Morgan fingerprint density at radius 3 is 2.50 bits per heavy atom. The van der Waals surface area contributed by atoms with E-state index in [-0.39, 0.29) is 18.4 Å². The monoisotopic (exact) mass is 591 g/mol. The summed E-state index contributed by atoms with van der Waals surface area (Å²) in [5, 5.41) is 14.4. The van der Waals surface area contributed by atoms with Crippen molar-refractivity contribution in [2.24, 2.45) is 11.8 Å². The molecule has 44 heavy (non-hydrogen) atoms. The lowest BCUT2D eigenvalue weighted by Gasteiger charge is -2.25. The van der Waals surface area contributed by atoms with Crippen LogP contribution in [0.3, 0.4) is 0 Å². The Morgan fingerprint density at radius 2 is 1.82 bits per heavy atom. The molecule has 1 aliphatic carbocycles. The molecule has 1 fully saturated rings. The van der Waals surface area contributed by atoms with E-state index >= 15 is 0 Å². The molecule has 0 bridgehead atoms. The maximum absolute atomic E-state index is 13.6. The number of aliphatic hydroxyl groups excluding tert-OH is 1. The van der Waals surface area contributed by atoms with Gasteiger partial charge in [0.05, 0.1) is 18.2 Å². The number of benzene rings is 2. The van der Waals surface area contributed by atoms with Crippen molar-refractivity contribution in [3.63, 3.8) is 0 Å². The Balaban J connectivity index is 0.00000216. The normalized spacial score (nSPS) is 15.3. The van der Waals surface area contributed by atoms with Gasteiger partial charge in [0.2, 0.25) is 5.91 Å². The maximum Gasteiger partial charge on any atom is 0.224 e. The van der Waals surface area contributed by atoms with Crippen LogP contribution in [0.4, 0.5) is 0 Å². The molecule has 232 valence electrons. The van der Waals surface area contributed by atoms with E-state index in [2.05, 4.69) is 78.7 Å². The Morgan fingerprint density at radius 1 is 1.11 bits per heavy atom. The maximum atomic E-state index is 13.6. The molecule has 5 nitrogen and oxygen atoms in total. The van der Waals surface area contributed by atoms with Crippen molar-refractivity contribution in [3.8, 4) is 0 Å². The zero-order valence-electron chi connectivity index (χ0n) is 26.9. The molecule has 5 heteroatoms. The number of rotatable bonds is 12. The van der Waals surface area contributed by atoms with E-state index in [9.17, 15) is 9.90 Å². The zero-order valence-corrected chi connectivity index (χ0v) is 26.9. The molecule has 2 aromatic heterocycles. The molecule has 0 saturated heterocycles. The largest absolute Gasteiger partial charge is 0.394 e. The molecule has 5 rings (SSSR count). The molecular weight excluding hydrogens is 542 g/mol. The minimum Gasteiger partial charge on any atom is -0.394 e. The van der Waals surface area contributed by atoms with Gasteiger partial charge in [0.25, 0.3) is 0 Å². The average molecular weight is 592 g/mol. The van der Waals surface area contributed by atoms with E-state index in [1.165, 1.54) is 35.0 Å². The van der Waals surface area contributed by atoms with Gasteiger partial charge in [-0.1, -0.05) is 113 Å². The number of para-hydroxylation sites is 1. The van der Waals surface area contributed by atoms with Gasteiger partial charge in [0.15, 0.2) is 0 Å². The fourth-order valence-electron chi connectivity index (χ4n) is 6.56. The number of nitrogens with one attached hydrogen (secondary N) is 1. The van der Waals surface area contributed by atoms with Crippen LogP contribution in [0.25, 0.3) is 16.6 Å². The third kappa shape index (κ3) is 7.57. The molecule has 1 unspecified atom stereocenters. The number of carbonyl (C=O) groups is 1. The summed E-state index contributed by atoms with van der Waals surface area (Å²) in [6.07, 6.45) is 15.0. The van der Waals surface area contributed by atoms with E-state index < -0.39 is 6.04 Å². The van der Waals surface area contributed by atoms with Crippen LogP contribution in [0.5, 0.6) is 0 Å². The third-order valence-electron chi connectivity index (χ3n) is 8.73. The van der Waals surface area contributed by atoms with E-state index in [0.717, 1.165) is 48.2 Å². The van der Waals surface area contributed by atoms with E-state index in [0.29, 0.717) is 12.3 Å². The topological polar surface area (TPSA) is 66.6 Å². The molecule has 1 amide bonds. The summed E-state index contributed by atoms with van der Waals surface area (Å²) in [7, 11) is 0. The number of aromatic nitrogens is 2. The van der Waals surface area contributed by atoms with Crippen molar-refractivity contribution in [1.82, 2.24) is 14.7 Å². The predicted molar refractivity (Wildman–Crippen MR) is 184 cm³/mol. The zero-order chi connectivity index (χ0) is 31.5. The fraction of sp³-hybridized carbons (Fsp3) is 0.385. The molecule has 0 radical (unpaired) electrons. The fourth-order valence-corrected chi connectivity index (χ4v) is 6.56. The molecule has 0 spiro atoms. The van der Waals surface area contributed by atoms with E-state index in [1.807, 2.05) is 50.3 Å². The number of aliphatic hydroxyl groups is 1. The molecule has 1 saturated carbocycles. The predicted octanol–water partition coefficient (Wildman–Crippen LogP) is 8.64. The number of amides is 1. The van der Waals surface area contributed by atoms with Crippen LogP contribution < -0.4 is 5.32 Å². The Labute approximate surface area is 263 Å². The van der Waals surface area contributed by atoms with Gasteiger partial charge in [-0.25, -0.2) is 4.98 Å². The van der Waals surface area contributed by atoms with Crippen LogP contribution >= 0.6 is 0 Å². The van der Waals surface area contributed by atoms with Gasteiger partial charge < -0.3 is 10.4 Å². The Bertz CT molecular complexity index is 1590. The van der Waals surface area contributed by atoms with Crippen molar-refractivity contribution in [3.05, 3.63) is 120 Å². The second kappa shape index (κ2) is 16.2. The molecule has 2 heterocycles. The highest BCUT2D eigenvalue weighted by Gasteiger charge is 2.31. The number of allylic oxidation sites excluding steroid dienone is 5. The lowest BCUT2D eigenvalue weighted by atomic mass is 9.86. The van der Waals surface area contributed by atoms with Gasteiger partial charge >= 0.3 is 0 Å². The lowest BCUT2D eigenvalue weighted by molar-refractivity contribution is -0.127. The smallest absolute Gasteiger partial charge is 0.224 e. The first-order chi connectivity index (χ1) is 21.5. The summed E-state index contributed by atoms with van der Waals surface area (Å²) in [4.78, 5) is 18.7. The van der Waals surface area contributed by atoms with Gasteiger partial charge in [0.1, 0.15) is 5.65 Å². The number of hydrogen-bond donors (Lipinski definition) is 2. The SMILES string of the molecule is C=C/C=C(\C=C/CC(C(=O)N[C@@H](CO)c1ccccc1)C1CCCC1)Cc1c2ccccc2n2c(C)cc(CC)nc12.CC. The summed E-state index contributed by atoms with van der Waals surface area (Å²) in [6, 6.07) is 20.0. The molecular formula is C39H49N3O2. The first kappa shape index (κ1) is 32.9. The number of nitrogens with zero attached hydrogens (tertiary/aromatic N) is 2. The quantitative estimate of drug-likeness (QED) is 0.162. The average Bonchev–Trinajstić information content (AvgIpc) is 3.70. The van der Waals surface area contributed by atoms with Crippen LogP contribution in [0.15, 0.2) is 97.1 Å². The standard InChI is InChI=1S/C37H43N3O2.C2H6/c1-4-14-27(24-33-32-20-11-12-22-35(32)40-26(3)23-30(5-2)38-36(33)40)15-13-21-31(28-16-9-10-17-28)37(42)39-34(25-41)29-18-7-6-8-19-29;1-2/h4,6-8,11-15,18-20,22-23,28,31,34,41H,1,5,9-10,16-17,21,24-25H2,2-3H3,(H,39,42);1-2H3/b15-13-,27-14+;/t31?,34-;/m0./s1. The third-order valence-corrected chi connectivity index (χ3v) is 8.73. The molecule has 4 aromatic rings. The number of aryl methyl sites for hydroxylation is 2. The highest BCUT2D eigenvalue weighted by Crippen LogP contribution is 2.35. The highest BCUT2D eigenvalue weighted by molar-refractivity contribution is 5.91. The highest BCUT2D eigenvalue weighted by atomic mass is 16.3. The van der Waals surface area contributed by atoms with E-state index in [1.54, 1.807) is 0 Å². The van der Waals surface area contributed by atoms with Gasteiger partial charge in [0, 0.05) is 34.7 Å². The van der Waals surface area contributed by atoms with Gasteiger partial charge in [-0.05, 0) is 61.8 Å². The first-order valence-electron chi connectivity index (χ1n) is 16.4. The van der Waals surface area contributed by atoms with Gasteiger partial charge in [-0.3, -0.25) is 9.20 Å². The molecule has 2 N–H and O–H groups in total. The molecule has 1 aliphatic rings. The summed E-state index contributed by atoms with van der Waals surface area (Å²) >= 11 is 0. The van der Waals surface area contributed by atoms with Gasteiger partial charge in [-0.2, -0.15) is 0 Å². The molecule has 0 aliphatic heterocycles. The van der Waals surface area contributed by atoms with Crippen LogP contribution in [0.2, 0.25) is 0 Å². The number of carbonyl (C=O) groups excluding carboxylic acids is 1. The van der Waals surface area contributed by atoms with Crippen molar-refractivity contribution in [2.45, 2.75) is 78.7 Å². The van der Waals surface area contributed by atoms with Crippen molar-refractivity contribution in [1.29, 1.82) is 0 Å². The van der Waals surface area contributed by atoms with Crippen LogP contribution in [0.1, 0.15) is 81.4 Å². The van der Waals surface area contributed by atoms with E-state index in [4.69, 9.17) is 4.98 Å². The lowest BCUT2D eigenvalue weighted by Crippen LogP contribution is -2.38. The summed E-state index contributed by atoms with van der Waals surface area (Å²) in [5.41, 5.74) is 7.73. The number of fused-ring (bicyclic) bond motifs is 3. The van der Waals surface area contributed by atoms with Crippen molar-refractivity contribution < 1.29 is 9.90 Å². The second-order valence-corrected chi connectivity index (χ2v) is 11.5. The Kier molecular flexibility index (Phi) is 12.1. The van der Waals surface area contributed by atoms with Crippen molar-refractivity contribution in [2.75, 3.05) is 6.61 Å². The van der Waals surface area contributed by atoms with Gasteiger partial charge in [-0.15, -0.1) is 0 Å². The minimum absolute atomic E-state index is 0.0277. The minimum atomic E-state index is -0.400. The first-order valence-corrected chi connectivity index (χ1v) is 16.4. The van der Waals surface area contributed by atoms with Crippen LogP contribution in [-0.2, 0) is 17.6 Å². The summed E-state index contributed by atoms with van der Waals surface area (Å²) < 4.78 is 2.27. The Hall–Kier alpha value is -3.96.